The molecule has 0 atom stereocenters. The highest BCUT2D eigenvalue weighted by Crippen LogP contribution is 2.17. The number of nitrogens with zero attached hydrogens (tertiary/aromatic N) is 1. The molecular weight excluding hydrogens is 362 g/mol. The third-order valence-corrected chi connectivity index (χ3v) is 4.79. The minimum absolute atomic E-state index is 0.196. The number of aromatic nitrogens is 1. The molecule has 0 saturated heterocycles. The molecule has 0 fully saturated rings. The Labute approximate surface area is 171 Å². The Morgan fingerprint density at radius 2 is 1.69 bits per heavy atom. The summed E-state index contributed by atoms with van der Waals surface area (Å²) < 4.78 is 0. The van der Waals surface area contributed by atoms with Gasteiger partial charge in [0.15, 0.2) is 0 Å². The van der Waals surface area contributed by atoms with Gasteiger partial charge in [0.05, 0.1) is 0 Å². The molecule has 0 bridgehead atoms. The number of aryl methyl sites for hydroxylation is 1. The van der Waals surface area contributed by atoms with Crippen LogP contribution in [0.15, 0.2) is 66.9 Å². The summed E-state index contributed by atoms with van der Waals surface area (Å²) in [7, 11) is 0. The number of amides is 2. The van der Waals surface area contributed by atoms with E-state index >= 15 is 0 Å². The number of carbonyl (C=O) groups is 2. The van der Waals surface area contributed by atoms with Crippen LogP contribution in [0.2, 0.25) is 0 Å². The highest BCUT2D eigenvalue weighted by molar-refractivity contribution is 6.04. The molecule has 0 spiro atoms. The van der Waals surface area contributed by atoms with Crippen LogP contribution in [-0.4, -0.2) is 16.8 Å². The van der Waals surface area contributed by atoms with Gasteiger partial charge in [0.2, 0.25) is 0 Å². The fourth-order valence-corrected chi connectivity index (χ4v) is 2.93. The van der Waals surface area contributed by atoms with E-state index in [9.17, 15) is 9.59 Å². The second-order valence-corrected chi connectivity index (χ2v) is 7.27. The molecule has 2 N–H and O–H groups in total. The summed E-state index contributed by atoms with van der Waals surface area (Å²) in [5, 5.41) is 5.71. The zero-order valence-corrected chi connectivity index (χ0v) is 16.9. The SMILES string of the molecule is Cc1ccccc1CNC(=O)c1ccnc(C(=O)Nc2ccc(C(C)C)cc2)c1. The van der Waals surface area contributed by atoms with Gasteiger partial charge < -0.3 is 10.6 Å². The Morgan fingerprint density at radius 1 is 0.966 bits per heavy atom. The first-order valence-corrected chi connectivity index (χ1v) is 9.64. The zero-order chi connectivity index (χ0) is 20.8. The van der Waals surface area contributed by atoms with Gasteiger partial charge >= 0.3 is 0 Å². The molecule has 2 aromatic carbocycles. The standard InChI is InChI=1S/C24H25N3O2/c1-16(2)18-8-10-21(11-9-18)27-24(29)22-14-19(12-13-25-22)23(28)26-15-20-7-5-4-6-17(20)3/h4-14,16H,15H2,1-3H3,(H,26,28)(H,27,29). The number of carbonyl (C=O) groups excluding carboxylic acids is 2. The van der Waals surface area contributed by atoms with Gasteiger partial charge in [-0.15, -0.1) is 0 Å². The number of nitrogens with one attached hydrogen (secondary N) is 2. The largest absolute Gasteiger partial charge is 0.348 e. The van der Waals surface area contributed by atoms with E-state index in [1.807, 2.05) is 55.5 Å². The van der Waals surface area contributed by atoms with Crippen molar-refractivity contribution in [1.29, 1.82) is 0 Å². The predicted molar refractivity (Wildman–Crippen MR) is 115 cm³/mol. The third kappa shape index (κ3) is 5.29. The lowest BCUT2D eigenvalue weighted by atomic mass is 10.0. The molecule has 2 amide bonds. The molecule has 0 radical (unpaired) electrons. The van der Waals surface area contributed by atoms with Gasteiger partial charge in [0, 0.05) is 24.0 Å². The zero-order valence-electron chi connectivity index (χ0n) is 16.9. The van der Waals surface area contributed by atoms with Crippen molar-refractivity contribution in [3.63, 3.8) is 0 Å². The first-order valence-electron chi connectivity index (χ1n) is 9.64. The molecule has 3 aromatic rings. The minimum Gasteiger partial charge on any atom is -0.348 e. The lowest BCUT2D eigenvalue weighted by molar-refractivity contribution is 0.0950. The summed E-state index contributed by atoms with van der Waals surface area (Å²) in [5.41, 5.74) is 4.66. The van der Waals surface area contributed by atoms with Gasteiger partial charge in [-0.25, -0.2) is 0 Å². The third-order valence-electron chi connectivity index (χ3n) is 4.79. The summed E-state index contributed by atoms with van der Waals surface area (Å²) >= 11 is 0. The fourth-order valence-electron chi connectivity index (χ4n) is 2.93. The number of hydrogen-bond acceptors (Lipinski definition) is 3. The summed E-state index contributed by atoms with van der Waals surface area (Å²) in [6, 6.07) is 18.7. The molecule has 148 valence electrons. The normalized spacial score (nSPS) is 10.6. The van der Waals surface area contributed by atoms with Gasteiger partial charge in [0.1, 0.15) is 5.69 Å². The van der Waals surface area contributed by atoms with Crippen LogP contribution in [0.4, 0.5) is 5.69 Å². The van der Waals surface area contributed by atoms with Crippen molar-refractivity contribution >= 4 is 17.5 Å². The highest BCUT2D eigenvalue weighted by Gasteiger charge is 2.12. The molecular formula is C24H25N3O2. The Kier molecular flexibility index (Phi) is 6.39. The summed E-state index contributed by atoms with van der Waals surface area (Å²) in [6.07, 6.45) is 1.47. The van der Waals surface area contributed by atoms with E-state index in [0.717, 1.165) is 11.1 Å². The van der Waals surface area contributed by atoms with E-state index in [-0.39, 0.29) is 17.5 Å². The van der Waals surface area contributed by atoms with Gasteiger partial charge in [-0.1, -0.05) is 50.2 Å². The average molecular weight is 387 g/mol. The number of benzene rings is 2. The fraction of sp³-hybridized carbons (Fsp3) is 0.208. The molecule has 5 heteroatoms. The number of hydrogen-bond donors (Lipinski definition) is 2. The molecule has 0 aliphatic rings. The van der Waals surface area contributed by atoms with Crippen LogP contribution < -0.4 is 10.6 Å². The Morgan fingerprint density at radius 3 is 2.38 bits per heavy atom. The highest BCUT2D eigenvalue weighted by atomic mass is 16.2. The minimum atomic E-state index is -0.351. The molecule has 5 nitrogen and oxygen atoms in total. The summed E-state index contributed by atoms with van der Waals surface area (Å²) in [5.74, 6) is -0.168. The topological polar surface area (TPSA) is 71.1 Å². The van der Waals surface area contributed by atoms with Gasteiger partial charge in [-0.05, 0) is 53.8 Å². The van der Waals surface area contributed by atoms with Crippen molar-refractivity contribution in [1.82, 2.24) is 10.3 Å². The summed E-state index contributed by atoms with van der Waals surface area (Å²) in [4.78, 5) is 29.1. The second-order valence-electron chi connectivity index (χ2n) is 7.27. The van der Waals surface area contributed by atoms with Crippen molar-refractivity contribution in [3.8, 4) is 0 Å². The van der Waals surface area contributed by atoms with Crippen molar-refractivity contribution in [2.75, 3.05) is 5.32 Å². The first kappa shape index (κ1) is 20.3. The lowest BCUT2D eigenvalue weighted by Crippen LogP contribution is -2.24. The van der Waals surface area contributed by atoms with Gasteiger partial charge in [0.25, 0.3) is 11.8 Å². The maximum absolute atomic E-state index is 12.5. The van der Waals surface area contributed by atoms with E-state index < -0.39 is 0 Å². The first-order chi connectivity index (χ1) is 13.9. The molecule has 1 aromatic heterocycles. The predicted octanol–water partition coefficient (Wildman–Crippen LogP) is 4.70. The quantitative estimate of drug-likeness (QED) is 0.644. The van der Waals surface area contributed by atoms with Crippen molar-refractivity contribution in [3.05, 3.63) is 94.8 Å². The van der Waals surface area contributed by atoms with Crippen LogP contribution in [0.3, 0.4) is 0 Å². The number of pyridine rings is 1. The second kappa shape index (κ2) is 9.15. The molecule has 0 aliphatic carbocycles. The summed E-state index contributed by atoms with van der Waals surface area (Å²) in [6.45, 7) is 6.67. The van der Waals surface area contributed by atoms with E-state index in [4.69, 9.17) is 0 Å². The van der Waals surface area contributed by atoms with Crippen LogP contribution in [0.25, 0.3) is 0 Å². The van der Waals surface area contributed by atoms with Crippen LogP contribution in [-0.2, 0) is 6.54 Å². The van der Waals surface area contributed by atoms with E-state index in [2.05, 4.69) is 29.5 Å². The monoisotopic (exact) mass is 387 g/mol. The van der Waals surface area contributed by atoms with Crippen LogP contribution in [0.5, 0.6) is 0 Å². The van der Waals surface area contributed by atoms with Crippen molar-refractivity contribution in [2.45, 2.75) is 33.2 Å². The van der Waals surface area contributed by atoms with Crippen LogP contribution >= 0.6 is 0 Å². The molecule has 0 unspecified atom stereocenters. The van der Waals surface area contributed by atoms with Crippen LogP contribution in [0, 0.1) is 6.92 Å². The molecule has 0 saturated carbocycles. The molecule has 1 heterocycles. The van der Waals surface area contributed by atoms with Crippen molar-refractivity contribution < 1.29 is 9.59 Å². The molecule has 3 rings (SSSR count). The Hall–Kier alpha value is -3.47. The lowest BCUT2D eigenvalue weighted by Gasteiger charge is -2.10. The average Bonchev–Trinajstić information content (AvgIpc) is 2.73. The molecule has 29 heavy (non-hydrogen) atoms. The maximum atomic E-state index is 12.5. The van der Waals surface area contributed by atoms with Crippen molar-refractivity contribution in [2.24, 2.45) is 0 Å². The Balaban J connectivity index is 1.65. The maximum Gasteiger partial charge on any atom is 0.274 e. The number of anilines is 1. The van der Waals surface area contributed by atoms with Crippen LogP contribution in [0.1, 0.15) is 57.3 Å². The van der Waals surface area contributed by atoms with E-state index in [1.54, 1.807) is 6.07 Å². The Bertz CT molecular complexity index is 1010. The number of rotatable bonds is 6. The van der Waals surface area contributed by atoms with E-state index in [1.165, 1.54) is 17.8 Å². The van der Waals surface area contributed by atoms with Gasteiger partial charge in [-0.2, -0.15) is 0 Å². The molecule has 0 aliphatic heterocycles. The van der Waals surface area contributed by atoms with E-state index in [0.29, 0.717) is 23.7 Å². The smallest absolute Gasteiger partial charge is 0.274 e. The van der Waals surface area contributed by atoms with Gasteiger partial charge in [-0.3, -0.25) is 14.6 Å².